The zero-order valence-electron chi connectivity index (χ0n) is 19.8. The number of hydrogen-bond donors (Lipinski definition) is 2. The van der Waals surface area contributed by atoms with E-state index in [9.17, 15) is 9.18 Å². The first-order valence-electron chi connectivity index (χ1n) is 10.9. The third-order valence-corrected chi connectivity index (χ3v) is 7.15. The lowest BCUT2D eigenvalue weighted by molar-refractivity contribution is -0.890. The van der Waals surface area contributed by atoms with Crippen LogP contribution in [0.4, 0.5) is 9.52 Å². The maximum atomic E-state index is 13.5. The van der Waals surface area contributed by atoms with Gasteiger partial charge in [-0.1, -0.05) is 11.8 Å². The number of aromatic nitrogens is 4. The fourth-order valence-corrected chi connectivity index (χ4v) is 4.75. The van der Waals surface area contributed by atoms with E-state index in [0.717, 1.165) is 28.5 Å². The maximum Gasteiger partial charge on any atom is 0.236 e. The highest BCUT2D eigenvalue weighted by Gasteiger charge is 2.24. The standard InChI is InChI=1S/C24H25FN6O2S2/c1-15(30(2)3)22-28-29-24(31(22)18-9-7-17(25)8-10-18)35-14-21(32)27-23-26-20(13-34-23)16-5-11-19(33-4)12-6-16/h5-13,15H,14H2,1-4H3,(H,26,27,32)/p+1/t15-/m1/s1. The lowest BCUT2D eigenvalue weighted by Crippen LogP contribution is -3.05. The van der Waals surface area contributed by atoms with Crippen molar-refractivity contribution < 1.29 is 18.8 Å². The Morgan fingerprint density at radius 2 is 1.89 bits per heavy atom. The summed E-state index contributed by atoms with van der Waals surface area (Å²) in [4.78, 5) is 18.4. The van der Waals surface area contributed by atoms with Crippen LogP contribution >= 0.6 is 23.1 Å². The lowest BCUT2D eigenvalue weighted by Gasteiger charge is -2.18. The number of rotatable bonds is 9. The summed E-state index contributed by atoms with van der Waals surface area (Å²) in [7, 11) is 5.68. The predicted octanol–water partition coefficient (Wildman–Crippen LogP) is 3.47. The van der Waals surface area contributed by atoms with Crippen LogP contribution in [0, 0.1) is 5.82 Å². The fourth-order valence-electron chi connectivity index (χ4n) is 3.26. The highest BCUT2D eigenvalue weighted by Crippen LogP contribution is 2.28. The maximum absolute atomic E-state index is 13.5. The van der Waals surface area contributed by atoms with Crippen LogP contribution in [0.1, 0.15) is 18.8 Å². The number of benzene rings is 2. The Morgan fingerprint density at radius 3 is 2.54 bits per heavy atom. The number of thiazole rings is 1. The van der Waals surface area contributed by atoms with Crippen LogP contribution in [0.5, 0.6) is 5.75 Å². The molecule has 0 spiro atoms. The van der Waals surface area contributed by atoms with E-state index < -0.39 is 0 Å². The van der Waals surface area contributed by atoms with Crippen molar-refractivity contribution in [1.82, 2.24) is 19.7 Å². The van der Waals surface area contributed by atoms with Crippen molar-refractivity contribution in [3.05, 3.63) is 65.6 Å². The van der Waals surface area contributed by atoms with Gasteiger partial charge in [0.25, 0.3) is 0 Å². The minimum atomic E-state index is -0.319. The number of carbonyl (C=O) groups is 1. The molecule has 35 heavy (non-hydrogen) atoms. The summed E-state index contributed by atoms with van der Waals surface area (Å²) in [6.45, 7) is 2.05. The third kappa shape index (κ3) is 5.87. The molecule has 0 aliphatic rings. The molecule has 2 aromatic heterocycles. The smallest absolute Gasteiger partial charge is 0.236 e. The van der Waals surface area contributed by atoms with Crippen molar-refractivity contribution in [3.8, 4) is 22.7 Å². The van der Waals surface area contributed by atoms with Gasteiger partial charge in [0.05, 0.1) is 32.7 Å². The predicted molar refractivity (Wildman–Crippen MR) is 136 cm³/mol. The molecule has 182 valence electrons. The molecule has 4 rings (SSSR count). The van der Waals surface area contributed by atoms with Crippen molar-refractivity contribution in [2.45, 2.75) is 18.1 Å². The van der Waals surface area contributed by atoms with Crippen LogP contribution < -0.4 is 15.0 Å². The molecule has 0 aliphatic heterocycles. The number of hydrogen-bond acceptors (Lipinski definition) is 7. The molecule has 0 saturated heterocycles. The van der Waals surface area contributed by atoms with Crippen LogP contribution in [0.15, 0.2) is 59.1 Å². The quantitative estimate of drug-likeness (QED) is 0.334. The monoisotopic (exact) mass is 513 g/mol. The number of anilines is 1. The Morgan fingerprint density at radius 1 is 1.17 bits per heavy atom. The number of nitrogens with zero attached hydrogens (tertiary/aromatic N) is 4. The summed E-state index contributed by atoms with van der Waals surface area (Å²) in [5, 5.41) is 14.5. The summed E-state index contributed by atoms with van der Waals surface area (Å²) in [5.74, 6) is 1.11. The van der Waals surface area contributed by atoms with Gasteiger partial charge >= 0.3 is 0 Å². The van der Waals surface area contributed by atoms with Gasteiger partial charge in [0.15, 0.2) is 16.1 Å². The summed E-state index contributed by atoms with van der Waals surface area (Å²) in [5.41, 5.74) is 2.46. The molecule has 0 unspecified atom stereocenters. The Balaban J connectivity index is 1.46. The normalized spacial score (nSPS) is 12.1. The number of quaternary nitrogens is 1. The van der Waals surface area contributed by atoms with Crippen LogP contribution in [-0.4, -0.2) is 52.6 Å². The first kappa shape index (κ1) is 24.8. The van der Waals surface area contributed by atoms with Gasteiger partial charge in [-0.2, -0.15) is 0 Å². The average Bonchev–Trinajstić information content (AvgIpc) is 3.50. The van der Waals surface area contributed by atoms with Crippen LogP contribution in [0.25, 0.3) is 16.9 Å². The number of halogens is 1. The van der Waals surface area contributed by atoms with Crippen LogP contribution in [0.3, 0.4) is 0 Å². The van der Waals surface area contributed by atoms with E-state index in [-0.39, 0.29) is 23.5 Å². The van der Waals surface area contributed by atoms with Gasteiger partial charge < -0.3 is 15.0 Å². The topological polar surface area (TPSA) is 86.4 Å². The molecule has 0 bridgehead atoms. The van der Waals surface area contributed by atoms with Gasteiger partial charge in [0.1, 0.15) is 17.6 Å². The van der Waals surface area contributed by atoms with Crippen molar-refractivity contribution in [2.24, 2.45) is 0 Å². The summed E-state index contributed by atoms with van der Waals surface area (Å²) < 4.78 is 20.6. The molecule has 0 aliphatic carbocycles. The van der Waals surface area contributed by atoms with Crippen LogP contribution in [0.2, 0.25) is 0 Å². The molecule has 11 heteroatoms. The van der Waals surface area contributed by atoms with Crippen molar-refractivity contribution in [3.63, 3.8) is 0 Å². The summed E-state index contributed by atoms with van der Waals surface area (Å²) >= 11 is 2.63. The molecule has 0 fully saturated rings. The van der Waals surface area contributed by atoms with E-state index in [2.05, 4.69) is 20.5 Å². The molecule has 1 atom stereocenters. The molecule has 2 aromatic carbocycles. The first-order chi connectivity index (χ1) is 16.9. The summed E-state index contributed by atoms with van der Waals surface area (Å²) in [6, 6.07) is 13.8. The third-order valence-electron chi connectivity index (χ3n) is 5.47. The molecule has 0 saturated carbocycles. The molecular weight excluding hydrogens is 487 g/mol. The first-order valence-corrected chi connectivity index (χ1v) is 12.8. The Bertz CT molecular complexity index is 1290. The van der Waals surface area contributed by atoms with Gasteiger partial charge in [-0.15, -0.1) is 21.5 Å². The van der Waals surface area contributed by atoms with Gasteiger partial charge in [-0.05, 0) is 55.5 Å². The van der Waals surface area contributed by atoms with Gasteiger partial charge in [-0.3, -0.25) is 9.36 Å². The second kappa shape index (κ2) is 11.0. The van der Waals surface area contributed by atoms with E-state index in [1.54, 1.807) is 19.2 Å². The Kier molecular flexibility index (Phi) is 7.79. The molecule has 2 N–H and O–H groups in total. The fraction of sp³-hybridized carbons (Fsp3) is 0.250. The molecule has 0 radical (unpaired) electrons. The van der Waals surface area contributed by atoms with E-state index in [4.69, 9.17) is 4.74 Å². The second-order valence-corrected chi connectivity index (χ2v) is 9.86. The van der Waals surface area contributed by atoms with Gasteiger partial charge in [-0.25, -0.2) is 9.37 Å². The van der Waals surface area contributed by atoms with Crippen LogP contribution in [-0.2, 0) is 4.79 Å². The number of thioether (sulfide) groups is 1. The average molecular weight is 514 g/mol. The number of amides is 1. The van der Waals surface area contributed by atoms with E-state index in [1.807, 2.05) is 55.2 Å². The number of carbonyl (C=O) groups excluding carboxylic acids is 1. The van der Waals surface area contributed by atoms with E-state index >= 15 is 0 Å². The van der Waals surface area contributed by atoms with Crippen molar-refractivity contribution in [1.29, 1.82) is 0 Å². The molecule has 8 nitrogen and oxygen atoms in total. The second-order valence-electron chi connectivity index (χ2n) is 8.05. The lowest BCUT2D eigenvalue weighted by atomic mass is 10.2. The number of ether oxygens (including phenoxy) is 1. The largest absolute Gasteiger partial charge is 0.497 e. The highest BCUT2D eigenvalue weighted by atomic mass is 32.2. The van der Waals surface area contributed by atoms with Crippen molar-refractivity contribution in [2.75, 3.05) is 32.3 Å². The Hall–Kier alpha value is -3.28. The van der Waals surface area contributed by atoms with Gasteiger partial charge in [0.2, 0.25) is 5.91 Å². The summed E-state index contributed by atoms with van der Waals surface area (Å²) in [6.07, 6.45) is 0. The SMILES string of the molecule is COc1ccc(-c2csc(NC(=O)CSc3nnc([C@@H](C)[NH+](C)C)n3-c3ccc(F)cc3)n2)cc1. The minimum absolute atomic E-state index is 0.0439. The molecule has 2 heterocycles. The molecule has 4 aromatic rings. The molecule has 1 amide bonds. The number of nitrogens with one attached hydrogen (secondary N) is 2. The van der Waals surface area contributed by atoms with E-state index in [0.29, 0.717) is 10.3 Å². The van der Waals surface area contributed by atoms with Crippen molar-refractivity contribution >= 4 is 34.1 Å². The Labute approximate surface area is 211 Å². The van der Waals surface area contributed by atoms with E-state index in [1.165, 1.54) is 40.1 Å². The number of methoxy groups -OCH3 is 1. The van der Waals surface area contributed by atoms with Gasteiger partial charge in [0, 0.05) is 16.6 Å². The highest BCUT2D eigenvalue weighted by molar-refractivity contribution is 7.99. The zero-order chi connectivity index (χ0) is 24.9. The zero-order valence-corrected chi connectivity index (χ0v) is 21.4. The molecular formula is C24H26FN6O2S2+. The minimum Gasteiger partial charge on any atom is -0.497 e.